The number of urea groups is 1. The van der Waals surface area contributed by atoms with E-state index in [4.69, 9.17) is 0 Å². The number of nitrogens with one attached hydrogen (secondary N) is 1. The summed E-state index contributed by atoms with van der Waals surface area (Å²) in [6.45, 7) is 3.86. The van der Waals surface area contributed by atoms with Crippen LogP contribution in [0.4, 0.5) is 4.79 Å². The highest BCUT2D eigenvalue weighted by atomic mass is 16.2. The molecule has 0 aromatic rings. The van der Waals surface area contributed by atoms with Crippen molar-refractivity contribution < 1.29 is 4.79 Å². The lowest BCUT2D eigenvalue weighted by Gasteiger charge is -2.24. The average Bonchev–Trinajstić information content (AvgIpc) is 2.58. The second kappa shape index (κ2) is 6.24. The smallest absolute Gasteiger partial charge is 0.317 e. The first-order valence-electron chi connectivity index (χ1n) is 7.00. The zero-order valence-electron chi connectivity index (χ0n) is 11.0. The molecule has 2 rings (SSSR count). The van der Waals surface area contributed by atoms with Crippen LogP contribution in [0.15, 0.2) is 0 Å². The van der Waals surface area contributed by atoms with Gasteiger partial charge in [0.25, 0.3) is 0 Å². The van der Waals surface area contributed by atoms with Crippen molar-refractivity contribution in [3.63, 3.8) is 0 Å². The van der Waals surface area contributed by atoms with Crippen LogP contribution in [0.1, 0.15) is 38.5 Å². The van der Waals surface area contributed by atoms with Gasteiger partial charge in [-0.05, 0) is 39.3 Å². The highest BCUT2D eigenvalue weighted by molar-refractivity contribution is 5.74. The molecule has 98 valence electrons. The number of carbonyl (C=O) groups is 1. The molecule has 2 saturated heterocycles. The minimum absolute atomic E-state index is 0.146. The lowest BCUT2D eigenvalue weighted by molar-refractivity contribution is 0.195. The van der Waals surface area contributed by atoms with Crippen molar-refractivity contribution in [2.45, 2.75) is 44.6 Å². The Morgan fingerprint density at radius 2 is 1.82 bits per heavy atom. The molecule has 0 aromatic heterocycles. The Bertz CT molecular complexity index is 249. The third-order valence-corrected chi connectivity index (χ3v) is 4.05. The van der Waals surface area contributed by atoms with Crippen LogP contribution in [-0.2, 0) is 0 Å². The van der Waals surface area contributed by atoms with Gasteiger partial charge in [0, 0.05) is 25.7 Å². The molecule has 0 radical (unpaired) electrons. The molecule has 0 spiro atoms. The Balaban J connectivity index is 1.72. The molecule has 4 heteroatoms. The van der Waals surface area contributed by atoms with Gasteiger partial charge in [0.2, 0.25) is 0 Å². The van der Waals surface area contributed by atoms with Crippen molar-refractivity contribution in [1.82, 2.24) is 15.1 Å². The number of likely N-dealkylation sites (tertiary alicyclic amines) is 2. The molecular formula is C13H25N3O. The third-order valence-electron chi connectivity index (χ3n) is 4.05. The molecule has 0 saturated carbocycles. The highest BCUT2D eigenvalue weighted by Crippen LogP contribution is 2.14. The maximum Gasteiger partial charge on any atom is 0.317 e. The molecule has 0 aliphatic carbocycles. The van der Waals surface area contributed by atoms with Crippen molar-refractivity contribution >= 4 is 6.03 Å². The lowest BCUT2D eigenvalue weighted by Crippen LogP contribution is -2.45. The number of nitrogens with zero attached hydrogens (tertiary/aromatic N) is 2. The number of hydrogen-bond donors (Lipinski definition) is 1. The van der Waals surface area contributed by atoms with Gasteiger partial charge in [0.15, 0.2) is 0 Å². The Hall–Kier alpha value is -0.770. The third kappa shape index (κ3) is 3.60. The Labute approximate surface area is 104 Å². The molecule has 4 nitrogen and oxygen atoms in total. The van der Waals surface area contributed by atoms with Crippen LogP contribution in [0, 0.1) is 0 Å². The van der Waals surface area contributed by atoms with Gasteiger partial charge in [0.05, 0.1) is 0 Å². The van der Waals surface area contributed by atoms with E-state index in [0.717, 1.165) is 32.5 Å². The SMILES string of the molecule is CN1CCCC1CNC(=O)N1CCCCCC1. The number of rotatable bonds is 2. The summed E-state index contributed by atoms with van der Waals surface area (Å²) in [6, 6.07) is 0.693. The van der Waals surface area contributed by atoms with E-state index >= 15 is 0 Å². The van der Waals surface area contributed by atoms with Crippen molar-refractivity contribution in [3.05, 3.63) is 0 Å². The van der Waals surface area contributed by atoms with Crippen LogP contribution < -0.4 is 5.32 Å². The van der Waals surface area contributed by atoms with Crippen LogP contribution in [0.5, 0.6) is 0 Å². The number of carbonyl (C=O) groups excluding carboxylic acids is 1. The molecule has 0 aromatic carbocycles. The first-order chi connectivity index (χ1) is 8.27. The van der Waals surface area contributed by atoms with Gasteiger partial charge in [-0.15, -0.1) is 0 Å². The van der Waals surface area contributed by atoms with E-state index in [9.17, 15) is 4.79 Å². The van der Waals surface area contributed by atoms with Gasteiger partial charge >= 0.3 is 6.03 Å². The number of amides is 2. The molecule has 2 heterocycles. The van der Waals surface area contributed by atoms with E-state index in [1.54, 1.807) is 0 Å². The maximum atomic E-state index is 12.0. The number of hydrogen-bond acceptors (Lipinski definition) is 2. The van der Waals surface area contributed by atoms with E-state index in [1.165, 1.54) is 32.2 Å². The van der Waals surface area contributed by atoms with Crippen molar-refractivity contribution in [3.8, 4) is 0 Å². The molecule has 2 aliphatic heterocycles. The first kappa shape index (κ1) is 12.7. The van der Waals surface area contributed by atoms with Crippen molar-refractivity contribution in [1.29, 1.82) is 0 Å². The zero-order chi connectivity index (χ0) is 12.1. The molecule has 1 N–H and O–H groups in total. The Morgan fingerprint density at radius 3 is 2.41 bits per heavy atom. The molecule has 2 amide bonds. The molecule has 1 atom stereocenters. The van der Waals surface area contributed by atoms with Crippen LogP contribution >= 0.6 is 0 Å². The highest BCUT2D eigenvalue weighted by Gasteiger charge is 2.22. The van der Waals surface area contributed by atoms with Gasteiger partial charge in [-0.1, -0.05) is 12.8 Å². The van der Waals surface area contributed by atoms with Crippen LogP contribution in [-0.4, -0.2) is 55.1 Å². The lowest BCUT2D eigenvalue weighted by atomic mass is 10.2. The van der Waals surface area contributed by atoms with Crippen LogP contribution in [0.25, 0.3) is 0 Å². The fourth-order valence-corrected chi connectivity index (χ4v) is 2.83. The molecule has 0 bridgehead atoms. The monoisotopic (exact) mass is 239 g/mol. The normalized spacial score (nSPS) is 26.9. The fourth-order valence-electron chi connectivity index (χ4n) is 2.83. The Morgan fingerprint density at radius 1 is 1.12 bits per heavy atom. The summed E-state index contributed by atoms with van der Waals surface area (Å²) < 4.78 is 0. The fraction of sp³-hybridized carbons (Fsp3) is 0.923. The standard InChI is InChI=1S/C13H25N3O/c1-15-8-6-7-12(15)11-14-13(17)16-9-4-2-3-5-10-16/h12H,2-11H2,1H3,(H,14,17). The summed E-state index contributed by atoms with van der Waals surface area (Å²) in [6.07, 6.45) is 7.36. The Kier molecular flexibility index (Phi) is 4.66. The summed E-state index contributed by atoms with van der Waals surface area (Å²) in [5.74, 6) is 0. The topological polar surface area (TPSA) is 35.6 Å². The van der Waals surface area contributed by atoms with Gasteiger partial charge < -0.3 is 15.1 Å². The molecule has 2 aliphatic rings. The summed E-state index contributed by atoms with van der Waals surface area (Å²) in [7, 11) is 2.15. The second-order valence-electron chi connectivity index (χ2n) is 5.36. The summed E-state index contributed by atoms with van der Waals surface area (Å²) in [4.78, 5) is 16.3. The maximum absolute atomic E-state index is 12.0. The molecular weight excluding hydrogens is 214 g/mol. The molecule has 17 heavy (non-hydrogen) atoms. The largest absolute Gasteiger partial charge is 0.336 e. The van der Waals surface area contributed by atoms with Crippen molar-refractivity contribution in [2.75, 3.05) is 33.2 Å². The molecule has 1 unspecified atom stereocenters. The van der Waals surface area contributed by atoms with Crippen molar-refractivity contribution in [2.24, 2.45) is 0 Å². The van der Waals surface area contributed by atoms with Gasteiger partial charge in [-0.25, -0.2) is 4.79 Å². The zero-order valence-corrected chi connectivity index (χ0v) is 11.0. The summed E-state index contributed by atoms with van der Waals surface area (Å²) in [5, 5.41) is 3.10. The van der Waals surface area contributed by atoms with Gasteiger partial charge in [0.1, 0.15) is 0 Å². The summed E-state index contributed by atoms with van der Waals surface area (Å²) >= 11 is 0. The van der Waals surface area contributed by atoms with Gasteiger partial charge in [-0.2, -0.15) is 0 Å². The van der Waals surface area contributed by atoms with Gasteiger partial charge in [-0.3, -0.25) is 0 Å². The number of likely N-dealkylation sites (N-methyl/N-ethyl adjacent to an activating group) is 1. The first-order valence-corrected chi connectivity index (χ1v) is 7.00. The van der Waals surface area contributed by atoms with E-state index < -0.39 is 0 Å². The predicted octanol–water partition coefficient (Wildman–Crippen LogP) is 1.67. The molecule has 2 fully saturated rings. The minimum Gasteiger partial charge on any atom is -0.336 e. The van der Waals surface area contributed by atoms with Crippen LogP contribution in [0.3, 0.4) is 0 Å². The van der Waals surface area contributed by atoms with E-state index in [-0.39, 0.29) is 6.03 Å². The quantitative estimate of drug-likeness (QED) is 0.795. The predicted molar refractivity (Wildman–Crippen MR) is 69.1 cm³/mol. The van der Waals surface area contributed by atoms with E-state index in [2.05, 4.69) is 17.3 Å². The second-order valence-corrected chi connectivity index (χ2v) is 5.36. The summed E-state index contributed by atoms with van der Waals surface area (Å²) in [5.41, 5.74) is 0. The van der Waals surface area contributed by atoms with Crippen LogP contribution in [0.2, 0.25) is 0 Å². The van der Waals surface area contributed by atoms with E-state index in [1.807, 2.05) is 4.90 Å². The average molecular weight is 239 g/mol. The van der Waals surface area contributed by atoms with E-state index in [0.29, 0.717) is 6.04 Å². The minimum atomic E-state index is 0.146.